The largest absolute Gasteiger partial charge is 0.493 e. The summed E-state index contributed by atoms with van der Waals surface area (Å²) in [5.41, 5.74) is 2.47. The molecule has 30 heavy (non-hydrogen) atoms. The Bertz CT molecular complexity index is 1150. The van der Waals surface area contributed by atoms with Gasteiger partial charge in [-0.25, -0.2) is 4.68 Å². The number of ketones is 1. The van der Waals surface area contributed by atoms with Gasteiger partial charge in [-0.1, -0.05) is 6.07 Å². The van der Waals surface area contributed by atoms with E-state index < -0.39 is 0 Å². The van der Waals surface area contributed by atoms with Crippen molar-refractivity contribution in [1.82, 2.24) is 14.8 Å². The number of hydrogen-bond donors (Lipinski definition) is 1. The summed E-state index contributed by atoms with van der Waals surface area (Å²) in [6.45, 7) is 1.84. The zero-order valence-corrected chi connectivity index (χ0v) is 17.0. The van der Waals surface area contributed by atoms with Crippen LogP contribution in [0.15, 0.2) is 52.3 Å². The van der Waals surface area contributed by atoms with Crippen molar-refractivity contribution in [2.24, 2.45) is 0 Å². The third-order valence-electron chi connectivity index (χ3n) is 5.69. The Morgan fingerprint density at radius 2 is 2.00 bits per heavy atom. The second-order valence-corrected chi connectivity index (χ2v) is 7.51. The van der Waals surface area contributed by atoms with E-state index in [1.807, 2.05) is 37.3 Å². The predicted molar refractivity (Wildman–Crippen MR) is 109 cm³/mol. The van der Waals surface area contributed by atoms with Crippen molar-refractivity contribution in [3.05, 3.63) is 65.0 Å². The molecule has 2 aliphatic rings. The van der Waals surface area contributed by atoms with Crippen LogP contribution in [0.2, 0.25) is 0 Å². The van der Waals surface area contributed by atoms with Crippen molar-refractivity contribution in [3.63, 3.8) is 0 Å². The van der Waals surface area contributed by atoms with Crippen molar-refractivity contribution in [3.8, 4) is 11.5 Å². The van der Waals surface area contributed by atoms with Gasteiger partial charge in [0.1, 0.15) is 17.6 Å². The maximum atomic E-state index is 13.4. The van der Waals surface area contributed by atoms with Gasteiger partial charge in [-0.2, -0.15) is 10.1 Å². The molecule has 2 unspecified atom stereocenters. The molecule has 1 aliphatic heterocycles. The van der Waals surface area contributed by atoms with E-state index in [-0.39, 0.29) is 17.7 Å². The Morgan fingerprint density at radius 1 is 1.17 bits per heavy atom. The molecule has 0 fully saturated rings. The highest BCUT2D eigenvalue weighted by atomic mass is 16.5. The van der Waals surface area contributed by atoms with Crippen molar-refractivity contribution in [2.75, 3.05) is 19.5 Å². The number of nitrogens with one attached hydrogen (secondary N) is 1. The van der Waals surface area contributed by atoms with Gasteiger partial charge in [0.15, 0.2) is 17.3 Å². The molecule has 8 nitrogen and oxygen atoms in total. The van der Waals surface area contributed by atoms with Gasteiger partial charge in [-0.05, 0) is 43.2 Å². The molecule has 5 rings (SSSR count). The smallest absolute Gasteiger partial charge is 0.226 e. The maximum absolute atomic E-state index is 13.4. The molecule has 1 N–H and O–H groups in total. The van der Waals surface area contributed by atoms with E-state index in [0.717, 1.165) is 17.0 Å². The highest BCUT2D eigenvalue weighted by Crippen LogP contribution is 2.45. The fraction of sp³-hybridized carbons (Fsp3) is 0.318. The number of fused-ring (bicyclic) bond motifs is 1. The van der Waals surface area contributed by atoms with E-state index in [2.05, 4.69) is 15.4 Å². The van der Waals surface area contributed by atoms with Crippen molar-refractivity contribution in [2.45, 2.75) is 31.7 Å². The molecule has 8 heteroatoms. The zero-order chi connectivity index (χ0) is 20.8. The lowest BCUT2D eigenvalue weighted by molar-refractivity contribution is -0.117. The van der Waals surface area contributed by atoms with Crippen molar-refractivity contribution < 1.29 is 18.7 Å². The number of benzene rings is 1. The van der Waals surface area contributed by atoms with Crippen LogP contribution in [0.25, 0.3) is 0 Å². The molecule has 0 saturated carbocycles. The first-order valence-corrected chi connectivity index (χ1v) is 9.80. The van der Waals surface area contributed by atoms with Crippen molar-refractivity contribution in [1.29, 1.82) is 0 Å². The standard InChI is InChI=1S/C22H22N4O4/c1-12-23-22-24-15-9-14(17-5-4-8-30-17)10-16(27)20(15)21(26(22)25-12)13-6-7-18(28-2)19(11-13)29-3/h4-8,11,14,21H,9-10H2,1-3H3,(H,23,24,25). The van der Waals surface area contributed by atoms with Gasteiger partial charge < -0.3 is 19.2 Å². The molecule has 0 saturated heterocycles. The fourth-order valence-electron chi connectivity index (χ4n) is 4.37. The third kappa shape index (κ3) is 2.87. The second-order valence-electron chi connectivity index (χ2n) is 7.51. The highest BCUT2D eigenvalue weighted by molar-refractivity contribution is 6.00. The number of aryl methyl sites for hydroxylation is 1. The van der Waals surface area contributed by atoms with Crippen LogP contribution in [0.4, 0.5) is 5.95 Å². The Hall–Kier alpha value is -3.55. The Kier molecular flexibility index (Phi) is 4.34. The molecular weight excluding hydrogens is 384 g/mol. The predicted octanol–water partition coefficient (Wildman–Crippen LogP) is 3.61. The van der Waals surface area contributed by atoms with Crippen LogP contribution >= 0.6 is 0 Å². The molecule has 0 bridgehead atoms. The van der Waals surface area contributed by atoms with Crippen LogP contribution in [-0.4, -0.2) is 34.8 Å². The number of Topliss-reactive ketones (excluding diaryl/α,β-unsaturated/α-hetero) is 1. The number of carbonyl (C=O) groups excluding carboxylic acids is 1. The lowest BCUT2D eigenvalue weighted by atomic mass is 9.79. The van der Waals surface area contributed by atoms with Gasteiger partial charge in [0.05, 0.1) is 20.5 Å². The lowest BCUT2D eigenvalue weighted by Gasteiger charge is -2.34. The van der Waals surface area contributed by atoms with Crippen molar-refractivity contribution >= 4 is 11.7 Å². The van der Waals surface area contributed by atoms with Crippen LogP contribution in [-0.2, 0) is 4.79 Å². The Labute approximate surface area is 173 Å². The quantitative estimate of drug-likeness (QED) is 0.708. The number of ether oxygens (including phenoxy) is 2. The SMILES string of the molecule is COc1ccc(C2C3=C(CC(c4ccco4)CC3=O)Nc3nc(C)nn32)cc1OC. The van der Waals surface area contributed by atoms with Gasteiger partial charge in [0.25, 0.3) is 0 Å². The normalized spacial score (nSPS) is 20.4. The summed E-state index contributed by atoms with van der Waals surface area (Å²) in [4.78, 5) is 17.9. The average molecular weight is 406 g/mol. The first-order valence-electron chi connectivity index (χ1n) is 9.80. The van der Waals surface area contributed by atoms with E-state index in [1.165, 1.54) is 0 Å². The summed E-state index contributed by atoms with van der Waals surface area (Å²) in [6, 6.07) is 9.07. The molecule has 2 atom stereocenters. The Morgan fingerprint density at radius 3 is 2.73 bits per heavy atom. The van der Waals surface area contributed by atoms with Crippen LogP contribution in [0.5, 0.6) is 11.5 Å². The number of methoxy groups -OCH3 is 2. The first kappa shape index (κ1) is 18.5. The van der Waals surface area contributed by atoms with Gasteiger partial charge in [-0.3, -0.25) is 4.79 Å². The van der Waals surface area contributed by atoms with Gasteiger partial charge >= 0.3 is 0 Å². The summed E-state index contributed by atoms with van der Waals surface area (Å²) >= 11 is 0. The fourth-order valence-corrected chi connectivity index (χ4v) is 4.37. The highest BCUT2D eigenvalue weighted by Gasteiger charge is 2.40. The summed E-state index contributed by atoms with van der Waals surface area (Å²) in [7, 11) is 3.19. The van der Waals surface area contributed by atoms with Crippen LogP contribution < -0.4 is 14.8 Å². The molecule has 0 radical (unpaired) electrons. The minimum Gasteiger partial charge on any atom is -0.493 e. The second kappa shape index (κ2) is 7.05. The summed E-state index contributed by atoms with van der Waals surface area (Å²) in [5.74, 6) is 3.39. The molecule has 0 amide bonds. The van der Waals surface area contributed by atoms with Gasteiger partial charge in [-0.15, -0.1) is 0 Å². The van der Waals surface area contributed by atoms with E-state index >= 15 is 0 Å². The number of anilines is 1. The minimum atomic E-state index is -0.387. The molecule has 1 aromatic carbocycles. The van der Waals surface area contributed by atoms with Crippen LogP contribution in [0, 0.1) is 6.92 Å². The lowest BCUT2D eigenvalue weighted by Crippen LogP contribution is -2.33. The number of allylic oxidation sites excluding steroid dienone is 2. The van der Waals surface area contributed by atoms with E-state index in [1.54, 1.807) is 25.2 Å². The number of rotatable bonds is 4. The average Bonchev–Trinajstić information content (AvgIpc) is 3.40. The topological polar surface area (TPSA) is 91.4 Å². The van der Waals surface area contributed by atoms with Crippen LogP contribution in [0.3, 0.4) is 0 Å². The molecule has 2 aromatic heterocycles. The molecular formula is C22H22N4O4. The maximum Gasteiger partial charge on any atom is 0.226 e. The third-order valence-corrected chi connectivity index (χ3v) is 5.69. The number of carbonyl (C=O) groups is 1. The van der Waals surface area contributed by atoms with Gasteiger partial charge in [0, 0.05) is 23.6 Å². The number of hydrogen-bond acceptors (Lipinski definition) is 7. The molecule has 3 aromatic rings. The van der Waals surface area contributed by atoms with Gasteiger partial charge in [0.2, 0.25) is 5.95 Å². The van der Waals surface area contributed by atoms with Crippen LogP contribution in [0.1, 0.15) is 41.9 Å². The molecule has 0 spiro atoms. The van der Waals surface area contributed by atoms with E-state index in [4.69, 9.17) is 13.9 Å². The summed E-state index contributed by atoms with van der Waals surface area (Å²) in [5, 5.41) is 7.91. The molecule has 154 valence electrons. The number of aromatic nitrogens is 3. The first-order chi connectivity index (χ1) is 14.6. The molecule has 1 aliphatic carbocycles. The monoisotopic (exact) mass is 406 g/mol. The summed E-state index contributed by atoms with van der Waals surface area (Å²) in [6.07, 6.45) is 2.70. The Balaban J connectivity index is 1.64. The number of nitrogens with zero attached hydrogens (tertiary/aromatic N) is 3. The summed E-state index contributed by atoms with van der Waals surface area (Å²) < 4.78 is 18.2. The number of furan rings is 1. The van der Waals surface area contributed by atoms with E-state index in [9.17, 15) is 4.79 Å². The molecule has 3 heterocycles. The van der Waals surface area contributed by atoms with E-state index in [0.29, 0.717) is 41.7 Å². The zero-order valence-electron chi connectivity index (χ0n) is 17.0. The minimum absolute atomic E-state index is 0.000344.